The SMILES string of the molecule is Cc1ccc(N=Nc2c(C)cc3cc(C)cc(N)c3c2O)cc1. The largest absolute Gasteiger partial charge is 0.505 e. The molecule has 0 aromatic heterocycles. The summed E-state index contributed by atoms with van der Waals surface area (Å²) in [6.07, 6.45) is 0. The van der Waals surface area contributed by atoms with Crippen molar-refractivity contribution in [1.29, 1.82) is 0 Å². The van der Waals surface area contributed by atoms with Gasteiger partial charge < -0.3 is 10.8 Å². The van der Waals surface area contributed by atoms with E-state index in [4.69, 9.17) is 5.73 Å². The zero-order valence-electron chi connectivity index (χ0n) is 13.5. The van der Waals surface area contributed by atoms with Crippen LogP contribution in [0.25, 0.3) is 10.8 Å². The first-order chi connectivity index (χ1) is 11.0. The van der Waals surface area contributed by atoms with E-state index in [2.05, 4.69) is 10.2 Å². The van der Waals surface area contributed by atoms with Gasteiger partial charge in [-0.05, 0) is 61.5 Å². The first-order valence-electron chi connectivity index (χ1n) is 7.46. The Morgan fingerprint density at radius 2 is 1.57 bits per heavy atom. The van der Waals surface area contributed by atoms with Crippen LogP contribution < -0.4 is 5.73 Å². The lowest BCUT2D eigenvalue weighted by Crippen LogP contribution is -1.90. The average molecular weight is 305 g/mol. The number of rotatable bonds is 2. The lowest BCUT2D eigenvalue weighted by Gasteiger charge is -2.10. The van der Waals surface area contributed by atoms with Gasteiger partial charge >= 0.3 is 0 Å². The van der Waals surface area contributed by atoms with Crippen molar-refractivity contribution in [2.45, 2.75) is 20.8 Å². The number of azo groups is 1. The van der Waals surface area contributed by atoms with Crippen LogP contribution in [-0.4, -0.2) is 5.11 Å². The predicted molar refractivity (Wildman–Crippen MR) is 94.9 cm³/mol. The van der Waals surface area contributed by atoms with E-state index in [0.29, 0.717) is 16.8 Å². The minimum atomic E-state index is 0.0772. The Kier molecular flexibility index (Phi) is 3.74. The Labute approximate surface area is 135 Å². The van der Waals surface area contributed by atoms with Gasteiger partial charge in [0.15, 0.2) is 5.75 Å². The number of hydrogen-bond donors (Lipinski definition) is 2. The van der Waals surface area contributed by atoms with Gasteiger partial charge in [-0.2, -0.15) is 5.11 Å². The van der Waals surface area contributed by atoms with Crippen LogP contribution in [0.1, 0.15) is 16.7 Å². The molecular weight excluding hydrogens is 286 g/mol. The van der Waals surface area contributed by atoms with Crippen molar-refractivity contribution in [2.24, 2.45) is 10.2 Å². The van der Waals surface area contributed by atoms with E-state index in [-0.39, 0.29) is 5.75 Å². The average Bonchev–Trinajstić information content (AvgIpc) is 2.47. The van der Waals surface area contributed by atoms with Gasteiger partial charge in [-0.1, -0.05) is 23.8 Å². The van der Waals surface area contributed by atoms with E-state index in [9.17, 15) is 5.11 Å². The Morgan fingerprint density at radius 3 is 2.26 bits per heavy atom. The molecule has 0 atom stereocenters. The molecule has 0 fully saturated rings. The van der Waals surface area contributed by atoms with E-state index in [1.165, 1.54) is 0 Å². The van der Waals surface area contributed by atoms with E-state index >= 15 is 0 Å². The molecule has 4 nitrogen and oxygen atoms in total. The second-order valence-electron chi connectivity index (χ2n) is 5.88. The Hall–Kier alpha value is -2.88. The molecule has 116 valence electrons. The highest BCUT2D eigenvalue weighted by Crippen LogP contribution is 2.41. The number of nitrogens with zero attached hydrogens (tertiary/aromatic N) is 2. The molecule has 0 heterocycles. The van der Waals surface area contributed by atoms with Gasteiger partial charge in [0.05, 0.1) is 5.69 Å². The predicted octanol–water partition coefficient (Wildman–Crippen LogP) is 5.47. The second kappa shape index (κ2) is 5.72. The zero-order chi connectivity index (χ0) is 16.6. The molecule has 0 unspecified atom stereocenters. The van der Waals surface area contributed by atoms with E-state index in [1.54, 1.807) is 0 Å². The van der Waals surface area contributed by atoms with Gasteiger partial charge in [-0.3, -0.25) is 0 Å². The van der Waals surface area contributed by atoms with Crippen LogP contribution in [0.15, 0.2) is 52.7 Å². The normalized spacial score (nSPS) is 11.4. The lowest BCUT2D eigenvalue weighted by atomic mass is 10.0. The van der Waals surface area contributed by atoms with Crippen molar-refractivity contribution >= 4 is 27.8 Å². The molecule has 4 heteroatoms. The summed E-state index contributed by atoms with van der Waals surface area (Å²) in [5, 5.41) is 20.6. The van der Waals surface area contributed by atoms with Crippen molar-refractivity contribution in [3.05, 3.63) is 59.2 Å². The fraction of sp³-hybridized carbons (Fsp3) is 0.158. The maximum absolute atomic E-state index is 10.6. The van der Waals surface area contributed by atoms with Crippen LogP contribution in [0.3, 0.4) is 0 Å². The van der Waals surface area contributed by atoms with Crippen molar-refractivity contribution in [1.82, 2.24) is 0 Å². The Balaban J connectivity index is 2.12. The number of aryl methyl sites for hydroxylation is 3. The topological polar surface area (TPSA) is 71.0 Å². The quantitative estimate of drug-likeness (QED) is 0.487. The molecule has 0 amide bonds. The van der Waals surface area contributed by atoms with Gasteiger partial charge in [0.2, 0.25) is 0 Å². The van der Waals surface area contributed by atoms with Gasteiger partial charge in [0, 0.05) is 11.1 Å². The number of phenols is 1. The number of aromatic hydroxyl groups is 1. The summed E-state index contributed by atoms with van der Waals surface area (Å²) >= 11 is 0. The number of fused-ring (bicyclic) bond motifs is 1. The third-order valence-electron chi connectivity index (χ3n) is 3.85. The zero-order valence-corrected chi connectivity index (χ0v) is 13.5. The van der Waals surface area contributed by atoms with Gasteiger partial charge in [0.25, 0.3) is 0 Å². The summed E-state index contributed by atoms with van der Waals surface area (Å²) in [5.74, 6) is 0.0772. The Bertz CT molecular complexity index is 912. The molecule has 0 saturated carbocycles. The van der Waals surface area contributed by atoms with Crippen LogP contribution in [0.2, 0.25) is 0 Å². The second-order valence-corrected chi connectivity index (χ2v) is 5.88. The number of nitrogens with two attached hydrogens (primary N) is 1. The van der Waals surface area contributed by atoms with Crippen molar-refractivity contribution in [3.8, 4) is 5.75 Å². The molecule has 0 aliphatic carbocycles. The first-order valence-corrected chi connectivity index (χ1v) is 7.46. The number of anilines is 1. The van der Waals surface area contributed by atoms with Crippen molar-refractivity contribution in [3.63, 3.8) is 0 Å². The molecule has 3 N–H and O–H groups in total. The number of phenolic OH excluding ortho intramolecular Hbond substituents is 1. The molecule has 23 heavy (non-hydrogen) atoms. The molecule has 0 bridgehead atoms. The van der Waals surface area contributed by atoms with E-state index in [1.807, 2.05) is 63.2 Å². The first kappa shape index (κ1) is 15.0. The maximum Gasteiger partial charge on any atom is 0.153 e. The molecule has 3 aromatic carbocycles. The van der Waals surface area contributed by atoms with Gasteiger partial charge in [-0.25, -0.2) is 0 Å². The monoisotopic (exact) mass is 305 g/mol. The third-order valence-corrected chi connectivity index (χ3v) is 3.85. The van der Waals surface area contributed by atoms with Crippen LogP contribution in [0.5, 0.6) is 5.75 Å². The molecule has 0 radical (unpaired) electrons. The van der Waals surface area contributed by atoms with Crippen molar-refractivity contribution < 1.29 is 5.11 Å². The van der Waals surface area contributed by atoms with Gasteiger partial charge in [-0.15, -0.1) is 5.11 Å². The highest BCUT2D eigenvalue weighted by molar-refractivity contribution is 6.02. The summed E-state index contributed by atoms with van der Waals surface area (Å²) in [5.41, 5.74) is 10.9. The minimum absolute atomic E-state index is 0.0772. The summed E-state index contributed by atoms with van der Waals surface area (Å²) in [4.78, 5) is 0. The van der Waals surface area contributed by atoms with E-state index in [0.717, 1.165) is 27.8 Å². The number of benzene rings is 3. The molecule has 3 aromatic rings. The van der Waals surface area contributed by atoms with Crippen LogP contribution >= 0.6 is 0 Å². The Morgan fingerprint density at radius 1 is 0.870 bits per heavy atom. The minimum Gasteiger partial charge on any atom is -0.505 e. The highest BCUT2D eigenvalue weighted by Gasteiger charge is 2.13. The summed E-state index contributed by atoms with van der Waals surface area (Å²) in [7, 11) is 0. The number of nitrogen functional groups attached to an aromatic ring is 1. The lowest BCUT2D eigenvalue weighted by molar-refractivity contribution is 0.482. The standard InChI is InChI=1S/C19H19N3O/c1-11-4-6-15(7-5-11)21-22-18-13(3)10-14-8-12(2)9-16(20)17(14)19(18)23/h4-10,23H,20H2,1-3H3. The smallest absolute Gasteiger partial charge is 0.153 e. The molecule has 0 aliphatic rings. The maximum atomic E-state index is 10.6. The molecule has 0 saturated heterocycles. The highest BCUT2D eigenvalue weighted by atomic mass is 16.3. The fourth-order valence-corrected chi connectivity index (χ4v) is 2.68. The van der Waals surface area contributed by atoms with Crippen LogP contribution in [-0.2, 0) is 0 Å². The van der Waals surface area contributed by atoms with Crippen LogP contribution in [0.4, 0.5) is 17.1 Å². The summed E-state index contributed by atoms with van der Waals surface area (Å²) < 4.78 is 0. The van der Waals surface area contributed by atoms with Crippen LogP contribution in [0, 0.1) is 20.8 Å². The summed E-state index contributed by atoms with van der Waals surface area (Å²) in [6.45, 7) is 5.90. The van der Waals surface area contributed by atoms with E-state index < -0.39 is 0 Å². The molecule has 0 aliphatic heterocycles. The third kappa shape index (κ3) is 2.88. The van der Waals surface area contributed by atoms with Gasteiger partial charge in [0.1, 0.15) is 5.69 Å². The van der Waals surface area contributed by atoms with Crippen molar-refractivity contribution in [2.75, 3.05) is 5.73 Å². The summed E-state index contributed by atoms with van der Waals surface area (Å²) in [6, 6.07) is 13.6. The fourth-order valence-electron chi connectivity index (χ4n) is 2.68. The molecule has 0 spiro atoms. The molecular formula is C19H19N3O. The molecule has 3 rings (SSSR count). The number of hydrogen-bond acceptors (Lipinski definition) is 4.